The third kappa shape index (κ3) is 4.49. The molecule has 3 fully saturated rings. The Kier molecular flexibility index (Phi) is 6.46. The SMILES string of the molecule is Cc1ncnc(C)c1C(=O)N1CC2=CN(CCC3(c4ccccc4)CN(C(=O)C4CCC(O)C4)C3)CC2C1. The van der Waals surface area contributed by atoms with Gasteiger partial charge in [0.1, 0.15) is 6.33 Å². The standard InChI is InChI=1S/C30H37N5O3/c1-20-27(21(2)32-19-31-20)29(38)34-15-23-13-33(14-24(23)16-34)11-10-30(25-6-4-3-5-7-25)17-35(18-30)28(37)22-8-9-26(36)12-22/h3-7,13,19,22,24,26,36H,8-12,14-18H2,1-2H3. The summed E-state index contributed by atoms with van der Waals surface area (Å²) in [6.07, 6.45) is 6.57. The van der Waals surface area contributed by atoms with Crippen LogP contribution in [0.2, 0.25) is 0 Å². The molecule has 1 aromatic carbocycles. The van der Waals surface area contributed by atoms with E-state index in [0.29, 0.717) is 24.4 Å². The molecule has 0 spiro atoms. The van der Waals surface area contributed by atoms with Gasteiger partial charge in [0.2, 0.25) is 5.91 Å². The molecule has 3 atom stereocenters. The van der Waals surface area contributed by atoms with Crippen molar-refractivity contribution in [3.8, 4) is 0 Å². The number of benzene rings is 1. The highest BCUT2D eigenvalue weighted by Gasteiger charge is 2.48. The molecule has 8 heteroatoms. The Balaban J connectivity index is 1.09. The first-order valence-corrected chi connectivity index (χ1v) is 13.9. The first-order valence-electron chi connectivity index (χ1n) is 13.9. The van der Waals surface area contributed by atoms with E-state index >= 15 is 0 Å². The smallest absolute Gasteiger partial charge is 0.257 e. The number of nitrogens with zero attached hydrogens (tertiary/aromatic N) is 5. The fourth-order valence-electron chi connectivity index (χ4n) is 6.97. The van der Waals surface area contributed by atoms with Gasteiger partial charge in [-0.25, -0.2) is 9.97 Å². The number of rotatable bonds is 6. The Morgan fingerprint density at radius 2 is 1.76 bits per heavy atom. The Labute approximate surface area is 224 Å². The summed E-state index contributed by atoms with van der Waals surface area (Å²) in [6.45, 7) is 8.48. The molecule has 1 saturated carbocycles. The number of likely N-dealkylation sites (tertiary alicyclic amines) is 2. The van der Waals surface area contributed by atoms with Crippen molar-refractivity contribution in [2.75, 3.05) is 39.3 Å². The second kappa shape index (κ2) is 9.80. The van der Waals surface area contributed by atoms with Crippen LogP contribution in [0.1, 0.15) is 53.0 Å². The number of aliphatic hydroxyl groups is 1. The van der Waals surface area contributed by atoms with E-state index in [1.54, 1.807) is 0 Å². The zero-order valence-corrected chi connectivity index (χ0v) is 22.3. The van der Waals surface area contributed by atoms with Gasteiger partial charge in [-0.15, -0.1) is 0 Å². The predicted octanol–water partition coefficient (Wildman–Crippen LogP) is 2.70. The minimum absolute atomic E-state index is 0.0258. The Morgan fingerprint density at radius 3 is 2.42 bits per heavy atom. The number of aromatic nitrogens is 2. The minimum Gasteiger partial charge on any atom is -0.393 e. The van der Waals surface area contributed by atoms with Gasteiger partial charge in [-0.3, -0.25) is 9.59 Å². The summed E-state index contributed by atoms with van der Waals surface area (Å²) < 4.78 is 0. The number of aliphatic hydroxyl groups excluding tert-OH is 1. The molecule has 8 nitrogen and oxygen atoms in total. The first-order chi connectivity index (χ1) is 18.3. The topological polar surface area (TPSA) is 89.9 Å². The van der Waals surface area contributed by atoms with E-state index < -0.39 is 0 Å². The number of aryl methyl sites for hydroxylation is 2. The van der Waals surface area contributed by atoms with E-state index in [-0.39, 0.29) is 29.3 Å². The van der Waals surface area contributed by atoms with E-state index in [9.17, 15) is 14.7 Å². The van der Waals surface area contributed by atoms with Crippen LogP contribution in [-0.4, -0.2) is 87.0 Å². The average Bonchev–Trinajstić information content (AvgIpc) is 3.58. The lowest BCUT2D eigenvalue weighted by Gasteiger charge is -2.52. The minimum atomic E-state index is -0.327. The van der Waals surface area contributed by atoms with Crippen molar-refractivity contribution in [1.29, 1.82) is 0 Å². The number of amides is 2. The highest BCUT2D eigenvalue weighted by Crippen LogP contribution is 2.41. The molecule has 200 valence electrons. The zero-order valence-electron chi connectivity index (χ0n) is 22.3. The van der Waals surface area contributed by atoms with Crippen LogP contribution < -0.4 is 0 Å². The lowest BCUT2D eigenvalue weighted by atomic mass is 9.70. The molecule has 3 aliphatic heterocycles. The van der Waals surface area contributed by atoms with Gasteiger partial charge in [-0.2, -0.15) is 0 Å². The van der Waals surface area contributed by atoms with Gasteiger partial charge in [0.05, 0.1) is 23.1 Å². The van der Waals surface area contributed by atoms with Crippen molar-refractivity contribution in [2.24, 2.45) is 11.8 Å². The summed E-state index contributed by atoms with van der Waals surface area (Å²) in [4.78, 5) is 41.1. The van der Waals surface area contributed by atoms with Gasteiger partial charge in [0, 0.05) is 62.7 Å². The maximum absolute atomic E-state index is 13.2. The maximum Gasteiger partial charge on any atom is 0.257 e. The summed E-state index contributed by atoms with van der Waals surface area (Å²) in [5.41, 5.74) is 4.69. The fourth-order valence-corrected chi connectivity index (χ4v) is 6.97. The van der Waals surface area contributed by atoms with Crippen LogP contribution >= 0.6 is 0 Å². The van der Waals surface area contributed by atoms with Crippen molar-refractivity contribution >= 4 is 11.8 Å². The molecule has 4 heterocycles. The average molecular weight is 516 g/mol. The normalized spacial score (nSPS) is 25.8. The van der Waals surface area contributed by atoms with Crippen LogP contribution in [0.5, 0.6) is 0 Å². The molecule has 1 N–H and O–H groups in total. The third-order valence-corrected chi connectivity index (χ3v) is 9.19. The largest absolute Gasteiger partial charge is 0.393 e. The van der Waals surface area contributed by atoms with Gasteiger partial charge in [0.15, 0.2) is 0 Å². The molecule has 2 aromatic rings. The van der Waals surface area contributed by atoms with Gasteiger partial charge in [0.25, 0.3) is 5.91 Å². The number of fused-ring (bicyclic) bond motifs is 1. The molecule has 4 aliphatic rings. The number of hydrogen-bond acceptors (Lipinski definition) is 6. The number of carbonyl (C=O) groups excluding carboxylic acids is 2. The number of hydrogen-bond donors (Lipinski definition) is 1. The van der Waals surface area contributed by atoms with E-state index in [1.165, 1.54) is 17.5 Å². The van der Waals surface area contributed by atoms with E-state index in [2.05, 4.69) is 45.3 Å². The van der Waals surface area contributed by atoms with Crippen LogP contribution in [0, 0.1) is 25.7 Å². The zero-order chi connectivity index (χ0) is 26.4. The molecule has 2 amide bonds. The molecular weight excluding hydrogens is 478 g/mol. The molecule has 1 aliphatic carbocycles. The van der Waals surface area contributed by atoms with E-state index in [1.807, 2.05) is 29.7 Å². The molecule has 2 saturated heterocycles. The molecule has 1 aromatic heterocycles. The van der Waals surface area contributed by atoms with Crippen LogP contribution in [-0.2, 0) is 10.2 Å². The van der Waals surface area contributed by atoms with Crippen LogP contribution in [0.25, 0.3) is 0 Å². The number of carbonyl (C=O) groups is 2. The van der Waals surface area contributed by atoms with Crippen molar-refractivity contribution < 1.29 is 14.7 Å². The second-order valence-corrected chi connectivity index (χ2v) is 11.8. The quantitative estimate of drug-likeness (QED) is 0.636. The Bertz CT molecular complexity index is 1240. The molecule has 38 heavy (non-hydrogen) atoms. The Morgan fingerprint density at radius 1 is 1.03 bits per heavy atom. The maximum atomic E-state index is 13.2. The summed E-state index contributed by atoms with van der Waals surface area (Å²) in [7, 11) is 0. The second-order valence-electron chi connectivity index (χ2n) is 11.8. The summed E-state index contributed by atoms with van der Waals surface area (Å²) in [6, 6.07) is 10.6. The van der Waals surface area contributed by atoms with Crippen LogP contribution in [0.3, 0.4) is 0 Å². The van der Waals surface area contributed by atoms with Crippen LogP contribution in [0.4, 0.5) is 0 Å². The van der Waals surface area contributed by atoms with Gasteiger partial charge in [-0.1, -0.05) is 30.3 Å². The van der Waals surface area contributed by atoms with Crippen molar-refractivity contribution in [3.63, 3.8) is 0 Å². The lowest BCUT2D eigenvalue weighted by Crippen LogP contribution is -2.62. The summed E-state index contributed by atoms with van der Waals surface area (Å²) in [5.74, 6) is 0.580. The van der Waals surface area contributed by atoms with Gasteiger partial charge < -0.3 is 19.8 Å². The molecule has 6 rings (SSSR count). The van der Waals surface area contributed by atoms with Gasteiger partial charge >= 0.3 is 0 Å². The molecule has 3 unspecified atom stereocenters. The Hall–Kier alpha value is -3.26. The molecule has 0 radical (unpaired) electrons. The van der Waals surface area contributed by atoms with Crippen molar-refractivity contribution in [2.45, 2.75) is 51.0 Å². The van der Waals surface area contributed by atoms with Crippen molar-refractivity contribution in [1.82, 2.24) is 24.7 Å². The third-order valence-electron chi connectivity index (χ3n) is 9.19. The molecular formula is C30H37N5O3. The van der Waals surface area contributed by atoms with Crippen molar-refractivity contribution in [3.05, 3.63) is 70.9 Å². The first kappa shape index (κ1) is 25.0. The highest BCUT2D eigenvalue weighted by molar-refractivity contribution is 5.96. The predicted molar refractivity (Wildman–Crippen MR) is 143 cm³/mol. The van der Waals surface area contributed by atoms with Gasteiger partial charge in [-0.05, 0) is 50.7 Å². The summed E-state index contributed by atoms with van der Waals surface area (Å²) >= 11 is 0. The summed E-state index contributed by atoms with van der Waals surface area (Å²) in [5, 5.41) is 9.90. The monoisotopic (exact) mass is 515 g/mol. The fraction of sp³-hybridized carbons (Fsp3) is 0.533. The van der Waals surface area contributed by atoms with E-state index in [4.69, 9.17) is 0 Å². The molecule has 0 bridgehead atoms. The van der Waals surface area contributed by atoms with Crippen LogP contribution in [0.15, 0.2) is 48.4 Å². The van der Waals surface area contributed by atoms with E-state index in [0.717, 1.165) is 63.4 Å². The lowest BCUT2D eigenvalue weighted by molar-refractivity contribution is -0.144. The highest BCUT2D eigenvalue weighted by atomic mass is 16.3.